The lowest BCUT2D eigenvalue weighted by atomic mass is 10.1. The van der Waals surface area contributed by atoms with Gasteiger partial charge in [0, 0.05) is 22.5 Å². The normalized spacial score (nSPS) is 19.5. The van der Waals surface area contributed by atoms with Gasteiger partial charge in [-0.1, -0.05) is 11.6 Å². The van der Waals surface area contributed by atoms with Crippen molar-refractivity contribution < 1.29 is 4.79 Å². The molecular weight excluding hydrogens is 304 g/mol. The molecule has 0 aliphatic carbocycles. The molecule has 0 saturated carbocycles. The van der Waals surface area contributed by atoms with E-state index >= 15 is 0 Å². The Balaban J connectivity index is 2.39. The van der Waals surface area contributed by atoms with E-state index in [1.54, 1.807) is 11.0 Å². The Bertz CT molecular complexity index is 524. The highest BCUT2D eigenvalue weighted by Crippen LogP contribution is 2.35. The predicted molar refractivity (Wildman–Crippen MR) is 70.0 cm³/mol. The van der Waals surface area contributed by atoms with Crippen LogP contribution in [0.15, 0.2) is 16.6 Å². The van der Waals surface area contributed by atoms with E-state index in [0.29, 0.717) is 11.6 Å². The summed E-state index contributed by atoms with van der Waals surface area (Å²) in [5, 5.41) is 9.47. The zero-order chi connectivity index (χ0) is 12.6. The average molecular weight is 314 g/mol. The topological polar surface area (TPSA) is 44.1 Å². The van der Waals surface area contributed by atoms with Gasteiger partial charge in [0.05, 0.1) is 17.7 Å². The average Bonchev–Trinajstić information content (AvgIpc) is 2.65. The van der Waals surface area contributed by atoms with Gasteiger partial charge >= 0.3 is 0 Å². The minimum atomic E-state index is -0.227. The molecule has 2 rings (SSSR count). The molecule has 5 heteroatoms. The molecule has 0 radical (unpaired) electrons. The molecule has 1 fully saturated rings. The second kappa shape index (κ2) is 4.67. The number of aryl methyl sites for hydroxylation is 1. The fourth-order valence-corrected chi connectivity index (χ4v) is 2.70. The van der Waals surface area contributed by atoms with Crippen molar-refractivity contribution in [2.45, 2.75) is 13.3 Å². The number of hydrogen-bond acceptors (Lipinski definition) is 2. The van der Waals surface area contributed by atoms with E-state index in [1.165, 1.54) is 0 Å². The largest absolute Gasteiger partial charge is 0.310 e. The summed E-state index contributed by atoms with van der Waals surface area (Å²) in [7, 11) is 0. The minimum Gasteiger partial charge on any atom is -0.310 e. The van der Waals surface area contributed by atoms with Crippen molar-refractivity contribution in [1.82, 2.24) is 0 Å². The molecule has 0 bridgehead atoms. The summed E-state index contributed by atoms with van der Waals surface area (Å²) >= 11 is 9.48. The van der Waals surface area contributed by atoms with Crippen molar-refractivity contribution in [3.05, 3.63) is 27.2 Å². The number of rotatable bonds is 1. The number of hydrogen-bond donors (Lipinski definition) is 0. The summed E-state index contributed by atoms with van der Waals surface area (Å²) in [6, 6.07) is 5.77. The lowest BCUT2D eigenvalue weighted by Crippen LogP contribution is -2.24. The molecule has 1 heterocycles. The maximum atomic E-state index is 11.8. The highest BCUT2D eigenvalue weighted by Gasteiger charge is 2.31. The summed E-state index contributed by atoms with van der Waals surface area (Å²) < 4.78 is 0.825. The van der Waals surface area contributed by atoms with Crippen molar-refractivity contribution in [2.75, 3.05) is 11.4 Å². The van der Waals surface area contributed by atoms with E-state index in [2.05, 4.69) is 22.0 Å². The summed E-state index contributed by atoms with van der Waals surface area (Å²) in [6.07, 6.45) is 0.286. The van der Waals surface area contributed by atoms with Crippen molar-refractivity contribution in [1.29, 1.82) is 5.26 Å². The summed E-state index contributed by atoms with van der Waals surface area (Å²) in [4.78, 5) is 13.4. The van der Waals surface area contributed by atoms with Gasteiger partial charge in [0.2, 0.25) is 5.91 Å². The fourth-order valence-electron chi connectivity index (χ4n) is 1.87. The van der Waals surface area contributed by atoms with E-state index in [1.807, 2.05) is 13.0 Å². The number of carbonyl (C=O) groups is 1. The van der Waals surface area contributed by atoms with Crippen LogP contribution >= 0.6 is 27.5 Å². The molecule has 0 aromatic heterocycles. The molecule has 1 unspecified atom stereocenters. The van der Waals surface area contributed by atoms with E-state index in [-0.39, 0.29) is 18.2 Å². The van der Waals surface area contributed by atoms with Gasteiger partial charge in [0.1, 0.15) is 0 Å². The van der Waals surface area contributed by atoms with Crippen LogP contribution in [0.1, 0.15) is 12.0 Å². The Morgan fingerprint density at radius 2 is 2.29 bits per heavy atom. The molecule has 1 aromatic carbocycles. The molecular formula is C12H10BrClN2O. The highest BCUT2D eigenvalue weighted by molar-refractivity contribution is 9.10. The van der Waals surface area contributed by atoms with Crippen LogP contribution < -0.4 is 4.90 Å². The predicted octanol–water partition coefficient (Wildman–Crippen LogP) is 3.29. The molecule has 0 spiro atoms. The van der Waals surface area contributed by atoms with Crippen LogP contribution in [0.25, 0.3) is 0 Å². The lowest BCUT2D eigenvalue weighted by molar-refractivity contribution is -0.117. The zero-order valence-electron chi connectivity index (χ0n) is 9.20. The molecule has 1 aliphatic heterocycles. The second-order valence-corrected chi connectivity index (χ2v) is 5.35. The van der Waals surface area contributed by atoms with Gasteiger partial charge < -0.3 is 4.90 Å². The second-order valence-electron chi connectivity index (χ2n) is 4.09. The number of anilines is 1. The Hall–Kier alpha value is -1.05. The van der Waals surface area contributed by atoms with Crippen LogP contribution in [0.4, 0.5) is 5.69 Å². The third kappa shape index (κ3) is 2.31. The van der Waals surface area contributed by atoms with Gasteiger partial charge in [0.15, 0.2) is 0 Å². The van der Waals surface area contributed by atoms with Crippen LogP contribution in [0.3, 0.4) is 0 Å². The summed E-state index contributed by atoms with van der Waals surface area (Å²) in [5.74, 6) is -0.258. The SMILES string of the molecule is Cc1cc(Br)c(N2CC(C#N)CC2=O)cc1Cl. The van der Waals surface area contributed by atoms with Gasteiger partial charge in [-0.25, -0.2) is 0 Å². The number of nitrogens with zero attached hydrogens (tertiary/aromatic N) is 2. The molecule has 3 nitrogen and oxygen atoms in total. The number of benzene rings is 1. The van der Waals surface area contributed by atoms with Gasteiger partial charge in [0.25, 0.3) is 0 Å². The van der Waals surface area contributed by atoms with Crippen molar-refractivity contribution in [3.63, 3.8) is 0 Å². The summed E-state index contributed by atoms with van der Waals surface area (Å²) in [5.41, 5.74) is 1.69. The van der Waals surface area contributed by atoms with E-state index in [0.717, 1.165) is 15.7 Å². The highest BCUT2D eigenvalue weighted by atomic mass is 79.9. The Kier molecular flexibility index (Phi) is 3.41. The first-order chi connectivity index (χ1) is 8.02. The zero-order valence-corrected chi connectivity index (χ0v) is 11.5. The number of carbonyl (C=O) groups excluding carboxylic acids is 1. The van der Waals surface area contributed by atoms with Crippen molar-refractivity contribution in [3.8, 4) is 6.07 Å². The molecule has 1 amide bonds. The van der Waals surface area contributed by atoms with E-state index < -0.39 is 0 Å². The van der Waals surface area contributed by atoms with Gasteiger partial charge in [-0.05, 0) is 40.5 Å². The Labute approximate surface area is 113 Å². The molecule has 1 aromatic rings. The van der Waals surface area contributed by atoms with Crippen LogP contribution in [0.2, 0.25) is 5.02 Å². The first-order valence-electron chi connectivity index (χ1n) is 5.18. The maximum absolute atomic E-state index is 11.8. The first-order valence-corrected chi connectivity index (χ1v) is 6.35. The Morgan fingerprint density at radius 3 is 2.88 bits per heavy atom. The smallest absolute Gasteiger partial charge is 0.228 e. The molecule has 88 valence electrons. The van der Waals surface area contributed by atoms with Crippen LogP contribution in [0, 0.1) is 24.2 Å². The Morgan fingerprint density at radius 1 is 1.59 bits per heavy atom. The van der Waals surface area contributed by atoms with Crippen molar-refractivity contribution in [2.24, 2.45) is 5.92 Å². The van der Waals surface area contributed by atoms with Crippen LogP contribution in [-0.2, 0) is 4.79 Å². The van der Waals surface area contributed by atoms with Crippen molar-refractivity contribution >= 4 is 39.1 Å². The van der Waals surface area contributed by atoms with Gasteiger partial charge in [-0.3, -0.25) is 4.79 Å². The van der Waals surface area contributed by atoms with E-state index in [9.17, 15) is 4.79 Å². The molecule has 17 heavy (non-hydrogen) atoms. The van der Waals surface area contributed by atoms with E-state index in [4.69, 9.17) is 16.9 Å². The monoisotopic (exact) mass is 312 g/mol. The first kappa shape index (κ1) is 12.4. The third-order valence-corrected chi connectivity index (χ3v) is 3.87. The number of nitriles is 1. The third-order valence-electron chi connectivity index (χ3n) is 2.83. The molecule has 1 saturated heterocycles. The maximum Gasteiger partial charge on any atom is 0.228 e. The van der Waals surface area contributed by atoms with Crippen LogP contribution in [0.5, 0.6) is 0 Å². The number of amides is 1. The molecule has 1 atom stereocenters. The molecule has 1 aliphatic rings. The van der Waals surface area contributed by atoms with Crippen LogP contribution in [-0.4, -0.2) is 12.5 Å². The fraction of sp³-hybridized carbons (Fsp3) is 0.333. The summed E-state index contributed by atoms with van der Waals surface area (Å²) in [6.45, 7) is 2.34. The number of halogens is 2. The standard InChI is InChI=1S/C12H10BrClN2O/c1-7-2-9(13)11(4-10(7)14)16-6-8(5-15)3-12(16)17/h2,4,8H,3,6H2,1H3. The molecule has 0 N–H and O–H groups in total. The lowest BCUT2D eigenvalue weighted by Gasteiger charge is -2.18. The minimum absolute atomic E-state index is 0.0304. The quantitative estimate of drug-likeness (QED) is 0.798. The van der Waals surface area contributed by atoms with Gasteiger partial charge in [-0.2, -0.15) is 5.26 Å². The van der Waals surface area contributed by atoms with Gasteiger partial charge in [-0.15, -0.1) is 0 Å².